The summed E-state index contributed by atoms with van der Waals surface area (Å²) in [6, 6.07) is 7.98. The van der Waals surface area contributed by atoms with E-state index < -0.39 is 5.91 Å². The maximum atomic E-state index is 13.1. The van der Waals surface area contributed by atoms with E-state index in [0.29, 0.717) is 41.5 Å². The van der Waals surface area contributed by atoms with E-state index in [0.717, 1.165) is 37.6 Å². The molecular formula is C26H30ClFN4O3. The standard InChI is InChI=1S/C15H17ClFNO.C11H13N3O2/c16-12-10-11(17)4-5-13(12)18-9-8-15(14(18)19)6-2-1-3-7-15;1-16-6-5-14-7-8(11(12)15)10-9(14)3-2-4-13-10/h4-5,10H,1-3,6-9H2;2-4,7H,5-6H2,1H3,(H2,12,15). The second kappa shape index (κ2) is 10.7. The van der Waals surface area contributed by atoms with Crippen molar-refractivity contribution in [3.63, 3.8) is 0 Å². The number of benzene rings is 1. The number of methoxy groups -OCH3 is 1. The van der Waals surface area contributed by atoms with Gasteiger partial charge in [-0.3, -0.25) is 14.6 Å². The lowest BCUT2D eigenvalue weighted by Gasteiger charge is -2.31. The van der Waals surface area contributed by atoms with Crippen LogP contribution in [0, 0.1) is 11.2 Å². The number of halogens is 2. The van der Waals surface area contributed by atoms with Gasteiger partial charge in [-0.25, -0.2) is 4.39 Å². The smallest absolute Gasteiger partial charge is 0.252 e. The summed E-state index contributed by atoms with van der Waals surface area (Å²) in [5, 5.41) is 0.321. The summed E-state index contributed by atoms with van der Waals surface area (Å²) in [5.41, 5.74) is 7.77. The first-order chi connectivity index (χ1) is 16.9. The normalized spacial score (nSPS) is 17.0. The number of nitrogens with zero attached hydrogens (tertiary/aromatic N) is 3. The molecule has 0 radical (unpaired) electrons. The molecule has 7 nitrogen and oxygen atoms in total. The monoisotopic (exact) mass is 500 g/mol. The van der Waals surface area contributed by atoms with E-state index in [4.69, 9.17) is 22.1 Å². The van der Waals surface area contributed by atoms with Crippen LogP contribution < -0.4 is 10.6 Å². The summed E-state index contributed by atoms with van der Waals surface area (Å²) < 4.78 is 20.0. The first kappa shape index (κ1) is 25.1. The summed E-state index contributed by atoms with van der Waals surface area (Å²) in [5.74, 6) is -0.645. The Hall–Kier alpha value is -2.97. The van der Waals surface area contributed by atoms with Gasteiger partial charge in [0.15, 0.2) is 0 Å². The van der Waals surface area contributed by atoms with Crippen molar-refractivity contribution in [3.8, 4) is 0 Å². The third-order valence-corrected chi connectivity index (χ3v) is 7.26. The van der Waals surface area contributed by atoms with E-state index in [1.165, 1.54) is 18.6 Å². The number of fused-ring (bicyclic) bond motifs is 1. The maximum absolute atomic E-state index is 13.1. The maximum Gasteiger partial charge on any atom is 0.252 e. The highest BCUT2D eigenvalue weighted by atomic mass is 35.5. The number of rotatable bonds is 5. The van der Waals surface area contributed by atoms with Crippen LogP contribution in [0.2, 0.25) is 5.02 Å². The van der Waals surface area contributed by atoms with E-state index in [1.807, 2.05) is 16.7 Å². The van der Waals surface area contributed by atoms with Crippen molar-refractivity contribution >= 4 is 40.1 Å². The number of aromatic nitrogens is 2. The van der Waals surface area contributed by atoms with Gasteiger partial charge in [-0.15, -0.1) is 0 Å². The van der Waals surface area contributed by atoms with Crippen molar-refractivity contribution < 1.29 is 18.7 Å². The molecule has 1 saturated carbocycles. The van der Waals surface area contributed by atoms with Crippen molar-refractivity contribution in [2.45, 2.75) is 45.1 Å². The Balaban J connectivity index is 0.000000168. The lowest BCUT2D eigenvalue weighted by atomic mass is 9.73. The zero-order valence-electron chi connectivity index (χ0n) is 19.8. The summed E-state index contributed by atoms with van der Waals surface area (Å²) in [4.78, 5) is 29.8. The molecule has 5 rings (SSSR count). The second-order valence-corrected chi connectivity index (χ2v) is 9.52. The van der Waals surface area contributed by atoms with Gasteiger partial charge in [-0.2, -0.15) is 0 Å². The molecule has 1 aromatic carbocycles. The molecule has 2 aromatic heterocycles. The molecule has 1 aliphatic heterocycles. The number of hydrogen-bond acceptors (Lipinski definition) is 4. The summed E-state index contributed by atoms with van der Waals surface area (Å²) in [6.07, 6.45) is 9.75. The number of amides is 2. The van der Waals surface area contributed by atoms with Crippen LogP contribution in [0.4, 0.5) is 10.1 Å². The third-order valence-electron chi connectivity index (χ3n) is 6.96. The molecule has 9 heteroatoms. The molecular weight excluding hydrogens is 471 g/mol. The Labute approximate surface area is 209 Å². The highest BCUT2D eigenvalue weighted by molar-refractivity contribution is 6.34. The zero-order chi connectivity index (χ0) is 25.0. The van der Waals surface area contributed by atoms with E-state index in [9.17, 15) is 14.0 Å². The van der Waals surface area contributed by atoms with Gasteiger partial charge >= 0.3 is 0 Å². The topological polar surface area (TPSA) is 90.5 Å². The molecule has 3 heterocycles. The molecule has 1 saturated heterocycles. The lowest BCUT2D eigenvalue weighted by molar-refractivity contribution is -0.127. The lowest BCUT2D eigenvalue weighted by Crippen LogP contribution is -2.36. The van der Waals surface area contributed by atoms with Crippen LogP contribution in [-0.4, -0.2) is 41.6 Å². The van der Waals surface area contributed by atoms with Crippen molar-refractivity contribution in [1.82, 2.24) is 9.55 Å². The molecule has 1 aliphatic carbocycles. The average Bonchev–Trinajstić information content (AvgIpc) is 3.37. The predicted molar refractivity (Wildman–Crippen MR) is 134 cm³/mol. The van der Waals surface area contributed by atoms with Gasteiger partial charge in [0.05, 0.1) is 33.8 Å². The van der Waals surface area contributed by atoms with Crippen LogP contribution in [0.1, 0.15) is 48.9 Å². The number of ether oxygens (including phenoxy) is 1. The van der Waals surface area contributed by atoms with Gasteiger partial charge in [-0.1, -0.05) is 30.9 Å². The number of primary amides is 1. The number of pyridine rings is 1. The molecule has 2 amide bonds. The quantitative estimate of drug-likeness (QED) is 0.536. The fourth-order valence-electron chi connectivity index (χ4n) is 5.12. The van der Waals surface area contributed by atoms with Gasteiger partial charge in [0.2, 0.25) is 5.91 Å². The van der Waals surface area contributed by atoms with E-state index >= 15 is 0 Å². The molecule has 3 aromatic rings. The van der Waals surface area contributed by atoms with Crippen molar-refractivity contribution in [3.05, 3.63) is 59.1 Å². The number of carbonyl (C=O) groups is 2. The zero-order valence-corrected chi connectivity index (χ0v) is 20.6. The van der Waals surface area contributed by atoms with Gasteiger partial charge in [0, 0.05) is 32.6 Å². The fourth-order valence-corrected chi connectivity index (χ4v) is 5.39. The Bertz CT molecular complexity index is 1220. The van der Waals surface area contributed by atoms with Crippen LogP contribution in [0.3, 0.4) is 0 Å². The molecule has 2 N–H and O–H groups in total. The minimum absolute atomic E-state index is 0.171. The van der Waals surface area contributed by atoms with Gasteiger partial charge in [0.25, 0.3) is 5.91 Å². The van der Waals surface area contributed by atoms with Gasteiger partial charge in [0.1, 0.15) is 11.3 Å². The Kier molecular flexibility index (Phi) is 7.72. The Morgan fingerprint density at radius 1 is 1.23 bits per heavy atom. The van der Waals surface area contributed by atoms with Crippen LogP contribution in [0.15, 0.2) is 42.7 Å². The van der Waals surface area contributed by atoms with Crippen LogP contribution in [-0.2, 0) is 16.1 Å². The fraction of sp³-hybridized carbons (Fsp3) is 0.423. The van der Waals surface area contributed by atoms with Crippen molar-refractivity contribution in [2.24, 2.45) is 11.1 Å². The molecule has 0 unspecified atom stereocenters. The molecule has 0 bridgehead atoms. The first-order valence-electron chi connectivity index (χ1n) is 11.9. The van der Waals surface area contributed by atoms with E-state index in [2.05, 4.69) is 4.98 Å². The van der Waals surface area contributed by atoms with E-state index in [-0.39, 0.29) is 17.1 Å². The number of anilines is 1. The molecule has 186 valence electrons. The second-order valence-electron chi connectivity index (χ2n) is 9.11. The molecule has 2 fully saturated rings. The minimum atomic E-state index is -0.458. The van der Waals surface area contributed by atoms with Crippen LogP contribution in [0.5, 0.6) is 0 Å². The molecule has 0 atom stereocenters. The Morgan fingerprint density at radius 2 is 2.00 bits per heavy atom. The number of hydrogen-bond donors (Lipinski definition) is 1. The summed E-state index contributed by atoms with van der Waals surface area (Å²) >= 11 is 6.07. The third kappa shape index (κ3) is 5.18. The highest BCUT2D eigenvalue weighted by Crippen LogP contribution is 2.46. The predicted octanol–water partition coefficient (Wildman–Crippen LogP) is 4.95. The molecule has 2 aliphatic rings. The van der Waals surface area contributed by atoms with Crippen LogP contribution in [0.25, 0.3) is 11.0 Å². The van der Waals surface area contributed by atoms with Crippen LogP contribution >= 0.6 is 11.6 Å². The van der Waals surface area contributed by atoms with E-state index in [1.54, 1.807) is 30.5 Å². The number of carbonyl (C=O) groups excluding carboxylic acids is 2. The van der Waals surface area contributed by atoms with Crippen molar-refractivity contribution in [1.29, 1.82) is 0 Å². The average molecular weight is 501 g/mol. The SMILES string of the molecule is COCCn1cc(C(N)=O)c2ncccc21.O=C1N(c2ccc(F)cc2Cl)CCC12CCCCC2. The highest BCUT2D eigenvalue weighted by Gasteiger charge is 2.47. The molecule has 35 heavy (non-hydrogen) atoms. The summed E-state index contributed by atoms with van der Waals surface area (Å²) in [6.45, 7) is 1.95. The molecule has 1 spiro atoms. The Morgan fingerprint density at radius 3 is 2.69 bits per heavy atom. The summed E-state index contributed by atoms with van der Waals surface area (Å²) in [7, 11) is 1.64. The largest absolute Gasteiger partial charge is 0.383 e. The van der Waals surface area contributed by atoms with Gasteiger partial charge < -0.3 is 19.9 Å². The van der Waals surface area contributed by atoms with Crippen molar-refractivity contribution in [2.75, 3.05) is 25.2 Å². The first-order valence-corrected chi connectivity index (χ1v) is 12.2. The minimum Gasteiger partial charge on any atom is -0.383 e. The van der Waals surface area contributed by atoms with Gasteiger partial charge in [-0.05, 0) is 49.6 Å². The number of nitrogens with two attached hydrogens (primary N) is 1.